The van der Waals surface area contributed by atoms with E-state index in [4.69, 9.17) is 0 Å². The van der Waals surface area contributed by atoms with E-state index in [0.29, 0.717) is 5.75 Å². The van der Waals surface area contributed by atoms with Crippen LogP contribution in [0.5, 0.6) is 5.75 Å². The molecule has 0 spiro atoms. The first-order valence-corrected chi connectivity index (χ1v) is 6.26. The Morgan fingerprint density at radius 1 is 1.06 bits per heavy atom. The van der Waals surface area contributed by atoms with E-state index in [-0.39, 0.29) is 0 Å². The van der Waals surface area contributed by atoms with Gasteiger partial charge in [-0.2, -0.15) is 0 Å². The minimum Gasteiger partial charge on any atom is -0.507 e. The van der Waals surface area contributed by atoms with Crippen molar-refractivity contribution in [3.05, 3.63) is 28.8 Å². The van der Waals surface area contributed by atoms with Gasteiger partial charge >= 0.3 is 0 Å². The van der Waals surface area contributed by atoms with Crippen molar-refractivity contribution in [2.24, 2.45) is 0 Å². The van der Waals surface area contributed by atoms with Crippen LogP contribution in [0.2, 0.25) is 0 Å². The minimum atomic E-state index is 0.437. The van der Waals surface area contributed by atoms with Crippen molar-refractivity contribution in [1.82, 2.24) is 9.80 Å². The second-order valence-electron chi connectivity index (χ2n) is 5.16. The molecule has 0 amide bonds. The number of likely N-dealkylation sites (N-methyl/N-ethyl adjacent to an activating group) is 1. The van der Waals surface area contributed by atoms with Gasteiger partial charge in [0.1, 0.15) is 5.75 Å². The average Bonchev–Trinajstić information content (AvgIpc) is 2.29. The molecule has 94 valence electrons. The lowest BCUT2D eigenvalue weighted by Crippen LogP contribution is -2.43. The van der Waals surface area contributed by atoms with Crippen molar-refractivity contribution < 1.29 is 5.11 Å². The third-order valence-electron chi connectivity index (χ3n) is 3.55. The number of aryl methyl sites for hydroxylation is 2. The Morgan fingerprint density at radius 2 is 1.59 bits per heavy atom. The highest BCUT2D eigenvalue weighted by molar-refractivity contribution is 5.42. The Labute approximate surface area is 104 Å². The lowest BCUT2D eigenvalue weighted by Gasteiger charge is -2.32. The van der Waals surface area contributed by atoms with Gasteiger partial charge in [-0.1, -0.05) is 12.1 Å². The van der Waals surface area contributed by atoms with Gasteiger partial charge in [0.15, 0.2) is 0 Å². The Morgan fingerprint density at radius 3 is 2.12 bits per heavy atom. The zero-order valence-corrected chi connectivity index (χ0v) is 11.0. The first-order valence-electron chi connectivity index (χ1n) is 6.26. The molecular weight excluding hydrogens is 212 g/mol. The summed E-state index contributed by atoms with van der Waals surface area (Å²) in [6.45, 7) is 9.50. The molecule has 0 aromatic heterocycles. The van der Waals surface area contributed by atoms with Gasteiger partial charge in [-0.05, 0) is 37.6 Å². The topological polar surface area (TPSA) is 26.7 Å². The molecular formula is C14H22N2O. The monoisotopic (exact) mass is 234 g/mol. The Bertz CT molecular complexity index is 372. The molecule has 3 nitrogen and oxygen atoms in total. The van der Waals surface area contributed by atoms with Gasteiger partial charge < -0.3 is 10.0 Å². The van der Waals surface area contributed by atoms with Crippen LogP contribution < -0.4 is 0 Å². The maximum absolute atomic E-state index is 9.75. The van der Waals surface area contributed by atoms with Gasteiger partial charge in [0.05, 0.1) is 0 Å². The van der Waals surface area contributed by atoms with Gasteiger partial charge in [-0.25, -0.2) is 0 Å². The molecule has 1 saturated heterocycles. The lowest BCUT2D eigenvalue weighted by atomic mass is 10.1. The van der Waals surface area contributed by atoms with Crippen LogP contribution in [-0.2, 0) is 6.54 Å². The number of phenols is 1. The molecule has 0 aliphatic carbocycles. The summed E-state index contributed by atoms with van der Waals surface area (Å²) in [7, 11) is 2.17. The van der Waals surface area contributed by atoms with Gasteiger partial charge in [0.25, 0.3) is 0 Å². The third kappa shape index (κ3) is 2.99. The van der Waals surface area contributed by atoms with Crippen LogP contribution in [-0.4, -0.2) is 48.1 Å². The Hall–Kier alpha value is -1.06. The molecule has 0 unspecified atom stereocenters. The molecule has 1 N–H and O–H groups in total. The predicted molar refractivity (Wildman–Crippen MR) is 70.4 cm³/mol. The number of aromatic hydroxyl groups is 1. The van der Waals surface area contributed by atoms with Crippen LogP contribution in [0.4, 0.5) is 0 Å². The van der Waals surface area contributed by atoms with Crippen molar-refractivity contribution >= 4 is 0 Å². The number of hydrogen-bond donors (Lipinski definition) is 1. The van der Waals surface area contributed by atoms with E-state index in [1.807, 2.05) is 13.8 Å². The SMILES string of the molecule is Cc1cc(CN2CCN(C)CC2)cc(C)c1O. The number of nitrogens with zero attached hydrogens (tertiary/aromatic N) is 2. The molecule has 0 bridgehead atoms. The fraction of sp³-hybridized carbons (Fsp3) is 0.571. The summed E-state index contributed by atoms with van der Waals surface area (Å²) in [4.78, 5) is 4.84. The van der Waals surface area contributed by atoms with Gasteiger partial charge in [-0.3, -0.25) is 4.90 Å². The molecule has 0 radical (unpaired) electrons. The van der Waals surface area contributed by atoms with Crippen LogP contribution in [0, 0.1) is 13.8 Å². The molecule has 1 aliphatic heterocycles. The zero-order chi connectivity index (χ0) is 12.4. The quantitative estimate of drug-likeness (QED) is 0.844. The van der Waals surface area contributed by atoms with E-state index >= 15 is 0 Å². The van der Waals surface area contributed by atoms with Crippen molar-refractivity contribution in [2.45, 2.75) is 20.4 Å². The Balaban J connectivity index is 2.04. The summed E-state index contributed by atoms with van der Waals surface area (Å²) < 4.78 is 0. The summed E-state index contributed by atoms with van der Waals surface area (Å²) in [6, 6.07) is 4.20. The lowest BCUT2D eigenvalue weighted by molar-refractivity contribution is 0.148. The first kappa shape index (κ1) is 12.4. The molecule has 0 saturated carbocycles. The highest BCUT2D eigenvalue weighted by Gasteiger charge is 2.14. The first-order chi connectivity index (χ1) is 8.06. The van der Waals surface area contributed by atoms with Crippen molar-refractivity contribution in [3.8, 4) is 5.75 Å². The standard InChI is InChI=1S/C14H22N2O/c1-11-8-13(9-12(2)14(11)17)10-16-6-4-15(3)5-7-16/h8-9,17H,4-7,10H2,1-3H3. The molecule has 0 atom stereocenters. The largest absolute Gasteiger partial charge is 0.507 e. The molecule has 17 heavy (non-hydrogen) atoms. The second kappa shape index (κ2) is 5.07. The van der Waals surface area contributed by atoms with Crippen molar-refractivity contribution in [2.75, 3.05) is 33.2 Å². The number of benzene rings is 1. The normalized spacial score (nSPS) is 18.5. The molecule has 1 heterocycles. The Kier molecular flexibility index (Phi) is 3.69. The second-order valence-corrected chi connectivity index (χ2v) is 5.16. The van der Waals surface area contributed by atoms with E-state index < -0.39 is 0 Å². The smallest absolute Gasteiger partial charge is 0.121 e. The maximum Gasteiger partial charge on any atom is 0.121 e. The van der Waals surface area contributed by atoms with Crippen LogP contribution in [0.1, 0.15) is 16.7 Å². The maximum atomic E-state index is 9.75. The van der Waals surface area contributed by atoms with E-state index in [2.05, 4.69) is 29.0 Å². The molecule has 1 aliphatic rings. The highest BCUT2D eigenvalue weighted by atomic mass is 16.3. The summed E-state index contributed by atoms with van der Waals surface area (Å²) in [5.41, 5.74) is 3.27. The predicted octanol–water partition coefficient (Wildman–Crippen LogP) is 1.76. The van der Waals surface area contributed by atoms with Crippen LogP contribution in [0.15, 0.2) is 12.1 Å². The van der Waals surface area contributed by atoms with Gasteiger partial charge in [-0.15, -0.1) is 0 Å². The average molecular weight is 234 g/mol. The van der Waals surface area contributed by atoms with Gasteiger partial charge in [0.2, 0.25) is 0 Å². The zero-order valence-electron chi connectivity index (χ0n) is 11.0. The number of piperazine rings is 1. The fourth-order valence-corrected chi connectivity index (χ4v) is 2.40. The summed E-state index contributed by atoms with van der Waals surface area (Å²) in [5, 5.41) is 9.75. The molecule has 2 rings (SSSR count). The van der Waals surface area contributed by atoms with Crippen LogP contribution in [0.3, 0.4) is 0 Å². The summed E-state index contributed by atoms with van der Waals surface area (Å²) in [5.74, 6) is 0.437. The van der Waals surface area contributed by atoms with E-state index in [0.717, 1.165) is 43.9 Å². The summed E-state index contributed by atoms with van der Waals surface area (Å²) >= 11 is 0. The molecule has 3 heteroatoms. The van der Waals surface area contributed by atoms with E-state index in [1.54, 1.807) is 0 Å². The molecule has 1 aromatic carbocycles. The van der Waals surface area contributed by atoms with Crippen LogP contribution >= 0.6 is 0 Å². The van der Waals surface area contributed by atoms with Crippen molar-refractivity contribution in [3.63, 3.8) is 0 Å². The third-order valence-corrected chi connectivity index (χ3v) is 3.55. The number of rotatable bonds is 2. The molecule has 1 aromatic rings. The van der Waals surface area contributed by atoms with Crippen LogP contribution in [0.25, 0.3) is 0 Å². The van der Waals surface area contributed by atoms with E-state index in [9.17, 15) is 5.11 Å². The number of hydrogen-bond acceptors (Lipinski definition) is 3. The minimum absolute atomic E-state index is 0.437. The van der Waals surface area contributed by atoms with Gasteiger partial charge in [0, 0.05) is 32.7 Å². The molecule has 1 fully saturated rings. The highest BCUT2D eigenvalue weighted by Crippen LogP contribution is 2.23. The number of phenolic OH excluding ortho intramolecular Hbond substituents is 1. The van der Waals surface area contributed by atoms with Crippen molar-refractivity contribution in [1.29, 1.82) is 0 Å². The fourth-order valence-electron chi connectivity index (χ4n) is 2.40. The summed E-state index contributed by atoms with van der Waals surface area (Å²) in [6.07, 6.45) is 0. The van der Waals surface area contributed by atoms with E-state index in [1.165, 1.54) is 5.56 Å².